The predicted molar refractivity (Wildman–Crippen MR) is 96.9 cm³/mol. The van der Waals surface area contributed by atoms with E-state index in [1.165, 1.54) is 12.3 Å². The van der Waals surface area contributed by atoms with Crippen LogP contribution in [0.3, 0.4) is 0 Å². The Balaban J connectivity index is 2.16. The minimum Gasteiger partial charge on any atom is -0.492 e. The molecule has 27 heavy (non-hydrogen) atoms. The van der Waals surface area contributed by atoms with Gasteiger partial charge in [-0.15, -0.1) is 10.2 Å². The topological polar surface area (TPSA) is 126 Å². The quantitative estimate of drug-likeness (QED) is 0.702. The summed E-state index contributed by atoms with van der Waals surface area (Å²) < 4.78 is 5.68. The lowest BCUT2D eigenvalue weighted by molar-refractivity contribution is 0.0922. The fourth-order valence-electron chi connectivity index (χ4n) is 2.32. The number of carbonyl (C=O) groups excluding carboxylic acids is 1. The van der Waals surface area contributed by atoms with Crippen molar-refractivity contribution in [1.29, 1.82) is 0 Å². The van der Waals surface area contributed by atoms with E-state index in [1.807, 2.05) is 0 Å². The van der Waals surface area contributed by atoms with E-state index in [2.05, 4.69) is 20.4 Å². The van der Waals surface area contributed by atoms with Gasteiger partial charge < -0.3 is 14.5 Å². The molecule has 3 heterocycles. The van der Waals surface area contributed by atoms with Crippen molar-refractivity contribution < 1.29 is 14.4 Å². The number of hydrogen-bond donors (Lipinski definition) is 1. The molecule has 0 radical (unpaired) electrons. The summed E-state index contributed by atoms with van der Waals surface area (Å²) in [7, 11) is 3.55. The molecular formula is C17H16N6O4. The molecule has 0 bridgehead atoms. The number of hydrogen-bond acceptors (Lipinski definition) is 9. The van der Waals surface area contributed by atoms with E-state index in [1.54, 1.807) is 43.3 Å². The highest BCUT2D eigenvalue weighted by Crippen LogP contribution is 2.36. The van der Waals surface area contributed by atoms with Crippen LogP contribution < -0.4 is 10.5 Å². The Labute approximate surface area is 153 Å². The smallest absolute Gasteiger partial charge is 0.260 e. The first-order chi connectivity index (χ1) is 12.9. The first kappa shape index (κ1) is 18.0. The highest BCUT2D eigenvalue weighted by Gasteiger charge is 2.19. The fourth-order valence-corrected chi connectivity index (χ4v) is 2.32. The van der Waals surface area contributed by atoms with Crippen LogP contribution in [0.4, 0.5) is 17.4 Å². The number of aromatic nitrogens is 3. The molecule has 0 unspecified atom stereocenters. The molecule has 3 aromatic rings. The number of anilines is 1. The first-order valence-corrected chi connectivity index (χ1v) is 7.85. The molecule has 3 aromatic heterocycles. The van der Waals surface area contributed by atoms with Gasteiger partial charge in [0.25, 0.3) is 5.56 Å². The van der Waals surface area contributed by atoms with Crippen LogP contribution >= 0.6 is 0 Å². The average molecular weight is 368 g/mol. The Kier molecular flexibility index (Phi) is 4.79. The van der Waals surface area contributed by atoms with Crippen LogP contribution in [0.15, 0.2) is 56.1 Å². The molecule has 1 N–H and O–H groups in total. The van der Waals surface area contributed by atoms with Gasteiger partial charge in [-0.25, -0.2) is 4.57 Å². The standard InChI is InChI=1S/C17H16N6O4/c1-10(24)23-14(25)8-11(12-6-4-5-7-18-12)16(17(23)26)20-19-13-9-15(22(2)3)27-21-13/h4-9,26H,1-3H3. The van der Waals surface area contributed by atoms with E-state index >= 15 is 0 Å². The van der Waals surface area contributed by atoms with Gasteiger partial charge in [-0.3, -0.25) is 14.6 Å². The molecule has 0 atom stereocenters. The van der Waals surface area contributed by atoms with E-state index in [-0.39, 0.29) is 17.1 Å². The maximum absolute atomic E-state index is 12.2. The predicted octanol–water partition coefficient (Wildman–Crippen LogP) is 2.75. The van der Waals surface area contributed by atoms with Crippen molar-refractivity contribution in [2.45, 2.75) is 6.92 Å². The van der Waals surface area contributed by atoms with Gasteiger partial charge in [-0.05, 0) is 12.1 Å². The minimum atomic E-state index is -0.698. The van der Waals surface area contributed by atoms with Crippen molar-refractivity contribution in [3.05, 3.63) is 46.9 Å². The molecule has 0 fully saturated rings. The maximum atomic E-state index is 12.2. The second kappa shape index (κ2) is 7.20. The molecular weight excluding hydrogens is 352 g/mol. The monoisotopic (exact) mass is 368 g/mol. The normalized spacial score (nSPS) is 11.1. The number of azo groups is 1. The molecule has 10 nitrogen and oxygen atoms in total. The maximum Gasteiger partial charge on any atom is 0.260 e. The van der Waals surface area contributed by atoms with Crippen LogP contribution in [0, 0.1) is 0 Å². The van der Waals surface area contributed by atoms with Crippen LogP contribution in [0.5, 0.6) is 5.88 Å². The summed E-state index contributed by atoms with van der Waals surface area (Å²) in [6.07, 6.45) is 1.53. The summed E-state index contributed by atoms with van der Waals surface area (Å²) >= 11 is 0. The van der Waals surface area contributed by atoms with Gasteiger partial charge in [0, 0.05) is 38.8 Å². The zero-order valence-electron chi connectivity index (χ0n) is 14.8. The first-order valence-electron chi connectivity index (χ1n) is 7.85. The molecule has 0 saturated carbocycles. The van der Waals surface area contributed by atoms with Gasteiger partial charge in [-0.1, -0.05) is 11.2 Å². The molecule has 0 aromatic carbocycles. The second-order valence-electron chi connectivity index (χ2n) is 5.76. The van der Waals surface area contributed by atoms with Crippen LogP contribution in [0.2, 0.25) is 0 Å². The third kappa shape index (κ3) is 3.59. The van der Waals surface area contributed by atoms with E-state index in [0.717, 1.165) is 6.92 Å². The van der Waals surface area contributed by atoms with Crippen molar-refractivity contribution in [1.82, 2.24) is 14.7 Å². The SMILES string of the molecule is CC(=O)n1c(O)c(N=Nc2cc(N(C)C)on2)c(-c2ccccn2)cc1=O. The van der Waals surface area contributed by atoms with Crippen molar-refractivity contribution in [2.24, 2.45) is 10.2 Å². The van der Waals surface area contributed by atoms with Gasteiger partial charge in [0.05, 0.1) is 11.8 Å². The molecule has 0 spiro atoms. The van der Waals surface area contributed by atoms with Crippen LogP contribution in [-0.4, -0.2) is 39.8 Å². The molecule has 0 aliphatic carbocycles. The van der Waals surface area contributed by atoms with E-state index < -0.39 is 17.3 Å². The largest absolute Gasteiger partial charge is 0.492 e. The third-order valence-electron chi connectivity index (χ3n) is 3.60. The Hall–Kier alpha value is -3.82. The lowest BCUT2D eigenvalue weighted by Gasteiger charge is -2.10. The van der Waals surface area contributed by atoms with Gasteiger partial charge in [0.15, 0.2) is 5.69 Å². The second-order valence-corrected chi connectivity index (χ2v) is 5.76. The summed E-state index contributed by atoms with van der Waals surface area (Å²) in [5.74, 6) is -0.661. The number of carbonyl (C=O) groups is 1. The number of rotatable bonds is 4. The van der Waals surface area contributed by atoms with Crippen molar-refractivity contribution >= 4 is 23.3 Å². The highest BCUT2D eigenvalue weighted by atomic mass is 16.5. The van der Waals surface area contributed by atoms with Crippen LogP contribution in [0.25, 0.3) is 11.3 Å². The molecule has 138 valence electrons. The summed E-state index contributed by atoms with van der Waals surface area (Å²) in [5.41, 5.74) is -0.159. The van der Waals surface area contributed by atoms with Gasteiger partial charge in [0.2, 0.25) is 23.5 Å². The lowest BCUT2D eigenvalue weighted by atomic mass is 10.1. The van der Waals surface area contributed by atoms with E-state index in [0.29, 0.717) is 16.1 Å². The van der Waals surface area contributed by atoms with Crippen LogP contribution in [0.1, 0.15) is 11.7 Å². The Morgan fingerprint density at radius 1 is 1.26 bits per heavy atom. The van der Waals surface area contributed by atoms with Crippen molar-refractivity contribution in [2.75, 3.05) is 19.0 Å². The van der Waals surface area contributed by atoms with Crippen LogP contribution in [-0.2, 0) is 0 Å². The summed E-state index contributed by atoms with van der Waals surface area (Å²) in [6.45, 7) is 1.16. The Bertz CT molecular complexity index is 1070. The molecule has 3 rings (SSSR count). The van der Waals surface area contributed by atoms with Gasteiger partial charge in [0.1, 0.15) is 0 Å². The van der Waals surface area contributed by atoms with Crippen molar-refractivity contribution in [3.63, 3.8) is 0 Å². The molecule has 0 aliphatic rings. The number of pyridine rings is 2. The summed E-state index contributed by atoms with van der Waals surface area (Å²) in [6, 6.07) is 7.79. The third-order valence-corrected chi connectivity index (χ3v) is 3.60. The molecule has 0 saturated heterocycles. The number of aromatic hydroxyl groups is 1. The Morgan fingerprint density at radius 3 is 2.63 bits per heavy atom. The summed E-state index contributed by atoms with van der Waals surface area (Å²) in [5, 5.41) is 22.1. The molecule has 10 heteroatoms. The van der Waals surface area contributed by atoms with Gasteiger partial charge in [-0.2, -0.15) is 0 Å². The zero-order chi connectivity index (χ0) is 19.6. The lowest BCUT2D eigenvalue weighted by Crippen LogP contribution is -2.24. The zero-order valence-corrected chi connectivity index (χ0v) is 14.8. The highest BCUT2D eigenvalue weighted by molar-refractivity contribution is 5.84. The van der Waals surface area contributed by atoms with E-state index in [4.69, 9.17) is 4.52 Å². The van der Waals surface area contributed by atoms with Gasteiger partial charge >= 0.3 is 0 Å². The Morgan fingerprint density at radius 2 is 2.04 bits per heavy atom. The van der Waals surface area contributed by atoms with Crippen molar-refractivity contribution in [3.8, 4) is 17.1 Å². The average Bonchev–Trinajstić information content (AvgIpc) is 3.10. The molecule has 0 aliphatic heterocycles. The number of nitrogens with zero attached hydrogens (tertiary/aromatic N) is 6. The molecule has 0 amide bonds. The summed E-state index contributed by atoms with van der Waals surface area (Å²) in [4.78, 5) is 29.8. The minimum absolute atomic E-state index is 0.0853. The fraction of sp³-hybridized carbons (Fsp3) is 0.176. The van der Waals surface area contributed by atoms with E-state index in [9.17, 15) is 14.7 Å².